The van der Waals surface area contributed by atoms with E-state index in [0.717, 1.165) is 31.7 Å². The highest BCUT2D eigenvalue weighted by atomic mass is 14.9. The Bertz CT molecular complexity index is 312. The zero-order valence-corrected chi connectivity index (χ0v) is 8.95. The van der Waals surface area contributed by atoms with Crippen molar-refractivity contribution in [2.75, 3.05) is 25.0 Å². The second-order valence-corrected chi connectivity index (χ2v) is 3.22. The van der Waals surface area contributed by atoms with E-state index in [9.17, 15) is 0 Å². The molecule has 0 unspecified atom stereocenters. The van der Waals surface area contributed by atoms with Crippen molar-refractivity contribution in [2.24, 2.45) is 0 Å². The molecule has 0 aliphatic rings. The molecule has 4 nitrogen and oxygen atoms in total. The first-order valence-corrected chi connectivity index (χ1v) is 5.17. The molecule has 0 atom stereocenters. The van der Waals surface area contributed by atoms with Gasteiger partial charge in [0.05, 0.1) is 11.9 Å². The molecule has 2 N–H and O–H groups in total. The molecule has 0 radical (unpaired) electrons. The van der Waals surface area contributed by atoms with Crippen LogP contribution in [0.4, 0.5) is 5.69 Å². The molecule has 0 amide bonds. The van der Waals surface area contributed by atoms with Crippen LogP contribution in [0.3, 0.4) is 0 Å². The van der Waals surface area contributed by atoms with Crippen LogP contribution in [-0.4, -0.2) is 24.6 Å². The topological polar surface area (TPSA) is 60.7 Å². The molecule has 0 aromatic carbocycles. The summed E-state index contributed by atoms with van der Waals surface area (Å²) in [5.74, 6) is 0. The van der Waals surface area contributed by atoms with Crippen molar-refractivity contribution in [2.45, 2.75) is 13.3 Å². The summed E-state index contributed by atoms with van der Waals surface area (Å²) in [5, 5.41) is 15.1. The minimum absolute atomic E-state index is 0.449. The lowest BCUT2D eigenvalue weighted by Gasteiger charge is -2.06. The zero-order chi connectivity index (χ0) is 10.9. The SMILES string of the molecule is CCCNCCNc1ccc(C#N)nc1. The summed E-state index contributed by atoms with van der Waals surface area (Å²) in [6, 6.07) is 5.56. The van der Waals surface area contributed by atoms with Gasteiger partial charge in [-0.3, -0.25) is 0 Å². The summed E-state index contributed by atoms with van der Waals surface area (Å²) in [6.45, 7) is 5.00. The van der Waals surface area contributed by atoms with Crippen LogP contribution in [0.2, 0.25) is 0 Å². The lowest BCUT2D eigenvalue weighted by Crippen LogP contribution is -2.22. The number of nitrogens with zero attached hydrogens (tertiary/aromatic N) is 2. The first kappa shape index (κ1) is 11.5. The molecule has 0 saturated carbocycles. The third-order valence-electron chi connectivity index (χ3n) is 1.94. The summed E-state index contributed by atoms with van der Waals surface area (Å²) in [4.78, 5) is 3.97. The average Bonchev–Trinajstić information content (AvgIpc) is 2.30. The lowest BCUT2D eigenvalue weighted by atomic mass is 10.3. The van der Waals surface area contributed by atoms with Gasteiger partial charge in [-0.05, 0) is 25.1 Å². The molecule has 0 bridgehead atoms. The van der Waals surface area contributed by atoms with Crippen LogP contribution >= 0.6 is 0 Å². The minimum atomic E-state index is 0.449. The third kappa shape index (κ3) is 4.43. The number of hydrogen-bond acceptors (Lipinski definition) is 4. The van der Waals surface area contributed by atoms with E-state index in [1.54, 1.807) is 12.3 Å². The van der Waals surface area contributed by atoms with Gasteiger partial charge in [0.25, 0.3) is 0 Å². The van der Waals surface area contributed by atoms with Gasteiger partial charge in [0.15, 0.2) is 0 Å². The van der Waals surface area contributed by atoms with Crippen molar-refractivity contribution < 1.29 is 0 Å². The third-order valence-corrected chi connectivity index (χ3v) is 1.94. The molecule has 0 saturated heterocycles. The van der Waals surface area contributed by atoms with E-state index in [4.69, 9.17) is 5.26 Å². The van der Waals surface area contributed by atoms with Crippen LogP contribution in [-0.2, 0) is 0 Å². The summed E-state index contributed by atoms with van der Waals surface area (Å²) in [5.41, 5.74) is 1.40. The van der Waals surface area contributed by atoms with Gasteiger partial charge in [-0.1, -0.05) is 6.92 Å². The Morgan fingerprint density at radius 1 is 1.33 bits per heavy atom. The van der Waals surface area contributed by atoms with Crippen molar-refractivity contribution in [1.82, 2.24) is 10.3 Å². The first-order chi connectivity index (χ1) is 7.36. The van der Waals surface area contributed by atoms with Gasteiger partial charge in [-0.2, -0.15) is 5.26 Å². The average molecular weight is 204 g/mol. The number of hydrogen-bond donors (Lipinski definition) is 2. The van der Waals surface area contributed by atoms with Gasteiger partial charge in [-0.15, -0.1) is 0 Å². The molecule has 1 aromatic rings. The molecule has 80 valence electrons. The summed E-state index contributed by atoms with van der Waals surface area (Å²) >= 11 is 0. The van der Waals surface area contributed by atoms with Crippen LogP contribution in [0.1, 0.15) is 19.0 Å². The molecule has 15 heavy (non-hydrogen) atoms. The smallest absolute Gasteiger partial charge is 0.140 e. The van der Waals surface area contributed by atoms with Gasteiger partial charge in [-0.25, -0.2) is 4.98 Å². The fourth-order valence-electron chi connectivity index (χ4n) is 1.16. The molecular weight excluding hydrogens is 188 g/mol. The van der Waals surface area contributed by atoms with Crippen molar-refractivity contribution in [1.29, 1.82) is 5.26 Å². The van der Waals surface area contributed by atoms with Crippen molar-refractivity contribution in [3.05, 3.63) is 24.0 Å². The van der Waals surface area contributed by atoms with E-state index in [1.165, 1.54) is 0 Å². The van der Waals surface area contributed by atoms with Gasteiger partial charge in [0, 0.05) is 13.1 Å². The normalized spacial score (nSPS) is 9.60. The molecular formula is C11H16N4. The van der Waals surface area contributed by atoms with Gasteiger partial charge < -0.3 is 10.6 Å². The van der Waals surface area contributed by atoms with Crippen molar-refractivity contribution in [3.63, 3.8) is 0 Å². The van der Waals surface area contributed by atoms with Crippen LogP contribution in [0.5, 0.6) is 0 Å². The molecule has 1 aromatic heterocycles. The number of rotatable bonds is 6. The fourth-order valence-corrected chi connectivity index (χ4v) is 1.16. The van der Waals surface area contributed by atoms with Gasteiger partial charge >= 0.3 is 0 Å². The standard InChI is InChI=1S/C11H16N4/c1-2-5-13-6-7-14-11-4-3-10(8-12)15-9-11/h3-4,9,13-14H,2,5-7H2,1H3. The molecule has 0 spiro atoms. The largest absolute Gasteiger partial charge is 0.383 e. The second-order valence-electron chi connectivity index (χ2n) is 3.22. The quantitative estimate of drug-likeness (QED) is 0.687. The fraction of sp³-hybridized carbons (Fsp3) is 0.455. The first-order valence-electron chi connectivity index (χ1n) is 5.17. The van der Waals surface area contributed by atoms with Crippen LogP contribution in [0, 0.1) is 11.3 Å². The predicted molar refractivity (Wildman–Crippen MR) is 60.6 cm³/mol. The van der Waals surface area contributed by atoms with E-state index in [0.29, 0.717) is 5.69 Å². The highest BCUT2D eigenvalue weighted by Crippen LogP contribution is 2.04. The van der Waals surface area contributed by atoms with Crippen molar-refractivity contribution >= 4 is 5.69 Å². The molecule has 1 rings (SSSR count). The Kier molecular flexibility index (Phi) is 5.20. The number of pyridine rings is 1. The number of aromatic nitrogens is 1. The van der Waals surface area contributed by atoms with E-state index in [-0.39, 0.29) is 0 Å². The highest BCUT2D eigenvalue weighted by molar-refractivity contribution is 5.42. The molecule has 0 fully saturated rings. The Morgan fingerprint density at radius 2 is 2.20 bits per heavy atom. The molecule has 1 heterocycles. The van der Waals surface area contributed by atoms with Crippen LogP contribution < -0.4 is 10.6 Å². The molecule has 4 heteroatoms. The predicted octanol–water partition coefficient (Wildman–Crippen LogP) is 1.36. The Hall–Kier alpha value is -1.60. The zero-order valence-electron chi connectivity index (χ0n) is 8.95. The molecule has 0 aliphatic carbocycles. The molecule has 0 aliphatic heterocycles. The minimum Gasteiger partial charge on any atom is -0.383 e. The number of nitriles is 1. The van der Waals surface area contributed by atoms with E-state index in [1.807, 2.05) is 12.1 Å². The van der Waals surface area contributed by atoms with E-state index >= 15 is 0 Å². The van der Waals surface area contributed by atoms with Crippen LogP contribution in [0.25, 0.3) is 0 Å². The lowest BCUT2D eigenvalue weighted by molar-refractivity contribution is 0.688. The Balaban J connectivity index is 2.23. The Morgan fingerprint density at radius 3 is 2.80 bits per heavy atom. The summed E-state index contributed by atoms with van der Waals surface area (Å²) in [7, 11) is 0. The second kappa shape index (κ2) is 6.80. The summed E-state index contributed by atoms with van der Waals surface area (Å²) < 4.78 is 0. The maximum atomic E-state index is 8.56. The van der Waals surface area contributed by atoms with Gasteiger partial charge in [0.2, 0.25) is 0 Å². The van der Waals surface area contributed by atoms with E-state index < -0.39 is 0 Å². The number of nitrogens with one attached hydrogen (secondary N) is 2. The highest BCUT2D eigenvalue weighted by Gasteiger charge is 1.93. The van der Waals surface area contributed by atoms with E-state index in [2.05, 4.69) is 22.5 Å². The summed E-state index contributed by atoms with van der Waals surface area (Å²) in [6.07, 6.45) is 2.83. The van der Waals surface area contributed by atoms with Crippen LogP contribution in [0.15, 0.2) is 18.3 Å². The number of anilines is 1. The maximum Gasteiger partial charge on any atom is 0.140 e. The van der Waals surface area contributed by atoms with Gasteiger partial charge in [0.1, 0.15) is 11.8 Å². The monoisotopic (exact) mass is 204 g/mol. The van der Waals surface area contributed by atoms with Crippen molar-refractivity contribution in [3.8, 4) is 6.07 Å². The Labute approximate surface area is 90.3 Å². The maximum absolute atomic E-state index is 8.56.